The van der Waals surface area contributed by atoms with Crippen molar-refractivity contribution in [3.05, 3.63) is 60.8 Å². The molecule has 1 unspecified atom stereocenters. The minimum atomic E-state index is -4.73. The first kappa shape index (κ1) is 50.1. The van der Waals surface area contributed by atoms with Crippen LogP contribution >= 0.6 is 7.82 Å². The zero-order valence-corrected chi connectivity index (χ0v) is 32.9. The van der Waals surface area contributed by atoms with Gasteiger partial charge in [-0.15, -0.1) is 0 Å². The predicted molar refractivity (Wildman–Crippen MR) is 209 cm³/mol. The smallest absolute Gasteiger partial charge is 0.472 e. The average molecular weight is 770 g/mol. The van der Waals surface area contributed by atoms with E-state index in [4.69, 9.17) is 29.9 Å². The Kier molecular flexibility index (Phi) is 34.2. The van der Waals surface area contributed by atoms with E-state index in [1.165, 1.54) is 12.8 Å². The fourth-order valence-electron chi connectivity index (χ4n) is 4.66. The molecular formula is C40H68NO11P. The van der Waals surface area contributed by atoms with Crippen molar-refractivity contribution < 1.29 is 52.6 Å². The number of hydrogen-bond acceptors (Lipinski definition) is 10. The molecule has 0 spiro atoms. The number of nitrogens with two attached hydrogens (primary N) is 1. The molecule has 0 aromatic carbocycles. The van der Waals surface area contributed by atoms with Crippen LogP contribution in [0.25, 0.3) is 0 Å². The second-order valence-electron chi connectivity index (χ2n) is 12.8. The highest BCUT2D eigenvalue weighted by Crippen LogP contribution is 2.43. The summed E-state index contributed by atoms with van der Waals surface area (Å²) >= 11 is 0. The quantitative estimate of drug-likeness (QED) is 0.0206. The van der Waals surface area contributed by atoms with Crippen molar-refractivity contribution in [2.45, 2.75) is 147 Å². The molecule has 0 heterocycles. The first-order chi connectivity index (χ1) is 25.6. The van der Waals surface area contributed by atoms with E-state index in [0.717, 1.165) is 83.5 Å². The van der Waals surface area contributed by atoms with Crippen LogP contribution in [0.1, 0.15) is 135 Å². The largest absolute Gasteiger partial charge is 0.480 e. The van der Waals surface area contributed by atoms with Gasteiger partial charge in [0.05, 0.1) is 13.2 Å². The summed E-state index contributed by atoms with van der Waals surface area (Å²) in [6, 6.07) is -1.54. The summed E-state index contributed by atoms with van der Waals surface area (Å²) in [6.45, 7) is 0.670. The highest BCUT2D eigenvalue weighted by Gasteiger charge is 2.28. The van der Waals surface area contributed by atoms with Crippen LogP contribution < -0.4 is 5.73 Å². The zero-order valence-electron chi connectivity index (χ0n) is 32.0. The van der Waals surface area contributed by atoms with Gasteiger partial charge < -0.3 is 30.3 Å². The topological polar surface area (TPSA) is 192 Å². The highest BCUT2D eigenvalue weighted by molar-refractivity contribution is 7.47. The van der Waals surface area contributed by atoms with Crippen molar-refractivity contribution in [3.63, 3.8) is 0 Å². The van der Waals surface area contributed by atoms with E-state index in [1.807, 2.05) is 12.2 Å². The van der Waals surface area contributed by atoms with E-state index < -0.39 is 51.1 Å². The van der Waals surface area contributed by atoms with Crippen molar-refractivity contribution in [3.8, 4) is 0 Å². The summed E-state index contributed by atoms with van der Waals surface area (Å²) in [4.78, 5) is 45.7. The molecule has 0 saturated heterocycles. The molecule has 0 rings (SSSR count). The maximum atomic E-state index is 12.5. The number of carboxylic acid groups (broad SMARTS) is 1. The van der Waals surface area contributed by atoms with Crippen LogP contribution in [0.15, 0.2) is 60.8 Å². The molecule has 0 fully saturated rings. The van der Waals surface area contributed by atoms with Crippen molar-refractivity contribution in [1.82, 2.24) is 0 Å². The molecule has 304 valence electrons. The minimum absolute atomic E-state index is 0.0712. The number of aliphatic hydroxyl groups excluding tert-OH is 1. The molecule has 0 radical (unpaired) electrons. The van der Waals surface area contributed by atoms with Gasteiger partial charge in [-0.25, -0.2) is 4.57 Å². The number of carbonyl (C=O) groups excluding carboxylic acids is 2. The van der Waals surface area contributed by atoms with E-state index >= 15 is 0 Å². The lowest BCUT2D eigenvalue weighted by molar-refractivity contribution is -0.161. The Labute approximate surface area is 318 Å². The number of phosphoric acid groups is 1. The summed E-state index contributed by atoms with van der Waals surface area (Å²) in [5.41, 5.74) is 5.31. The van der Waals surface area contributed by atoms with Crippen molar-refractivity contribution in [1.29, 1.82) is 0 Å². The summed E-state index contributed by atoms with van der Waals surface area (Å²) in [5.74, 6) is -2.49. The molecule has 0 aliphatic rings. The van der Waals surface area contributed by atoms with Crippen molar-refractivity contribution in [2.75, 3.05) is 26.4 Å². The monoisotopic (exact) mass is 769 g/mol. The molecule has 0 bridgehead atoms. The van der Waals surface area contributed by atoms with Crippen molar-refractivity contribution in [2.24, 2.45) is 5.73 Å². The van der Waals surface area contributed by atoms with Gasteiger partial charge in [0.25, 0.3) is 0 Å². The van der Waals surface area contributed by atoms with Crippen LogP contribution in [0.4, 0.5) is 0 Å². The Morgan fingerprint density at radius 2 is 1.09 bits per heavy atom. The average Bonchev–Trinajstić information content (AvgIpc) is 3.13. The standard InChI is InChI=1S/C40H68NO11P/c1-2-3-4-5-6-7-15-18-21-24-27-30-38(43)49-33-36(34-50-53(47,48)51-35-37(41)40(45)46)52-39(44)31-28-25-22-19-16-13-11-9-8-10-12-14-17-20-23-26-29-32-42/h5-6,8,10-11,13-14,17,19,22,36-37,42H,2-4,7,9,12,15-16,18,20-21,23-35,41H2,1H3,(H,45,46)(H,47,48)/b6-5-,10-8-,13-11-,17-14-,22-19-/t36-,37+/m1/s1. The lowest BCUT2D eigenvalue weighted by Crippen LogP contribution is -2.34. The van der Waals surface area contributed by atoms with Crippen LogP contribution in [0, 0.1) is 0 Å². The fourth-order valence-corrected chi connectivity index (χ4v) is 5.44. The van der Waals surface area contributed by atoms with Gasteiger partial charge in [-0.1, -0.05) is 106 Å². The van der Waals surface area contributed by atoms with Crippen LogP contribution in [0.2, 0.25) is 0 Å². The van der Waals surface area contributed by atoms with Crippen LogP contribution in [-0.2, 0) is 37.5 Å². The number of aliphatic hydroxyl groups is 1. The molecule has 0 aromatic rings. The number of carboxylic acids is 1. The number of rotatable bonds is 36. The van der Waals surface area contributed by atoms with Gasteiger partial charge in [-0.05, 0) is 77.0 Å². The number of carbonyl (C=O) groups is 3. The second-order valence-corrected chi connectivity index (χ2v) is 14.2. The molecule has 5 N–H and O–H groups in total. The van der Waals surface area contributed by atoms with Gasteiger partial charge in [0.15, 0.2) is 6.10 Å². The molecule has 53 heavy (non-hydrogen) atoms. The Hall–Kier alpha value is -2.86. The first-order valence-corrected chi connectivity index (χ1v) is 20.9. The molecule has 12 nitrogen and oxygen atoms in total. The van der Waals surface area contributed by atoms with Gasteiger partial charge >= 0.3 is 25.7 Å². The summed E-state index contributed by atoms with van der Waals surface area (Å²) in [6.07, 6.45) is 37.5. The number of phosphoric ester groups is 1. The van der Waals surface area contributed by atoms with E-state index in [-0.39, 0.29) is 26.1 Å². The lowest BCUT2D eigenvalue weighted by Gasteiger charge is -2.20. The summed E-state index contributed by atoms with van der Waals surface area (Å²) in [7, 11) is -4.73. The lowest BCUT2D eigenvalue weighted by atomic mass is 10.1. The Morgan fingerprint density at radius 3 is 1.68 bits per heavy atom. The van der Waals surface area contributed by atoms with Gasteiger partial charge in [0, 0.05) is 19.4 Å². The summed E-state index contributed by atoms with van der Waals surface area (Å²) in [5, 5.41) is 17.6. The molecule has 13 heteroatoms. The van der Waals surface area contributed by atoms with Gasteiger partial charge in [0.2, 0.25) is 0 Å². The third kappa shape index (κ3) is 35.9. The number of ether oxygens (including phenoxy) is 2. The second kappa shape index (κ2) is 36.1. The predicted octanol–water partition coefficient (Wildman–Crippen LogP) is 8.58. The van der Waals surface area contributed by atoms with E-state index in [9.17, 15) is 23.8 Å². The van der Waals surface area contributed by atoms with Crippen molar-refractivity contribution >= 4 is 25.7 Å². The third-order valence-corrected chi connectivity index (χ3v) is 8.74. The maximum Gasteiger partial charge on any atom is 0.472 e. The van der Waals surface area contributed by atoms with Gasteiger partial charge in [-0.2, -0.15) is 0 Å². The SMILES string of the molecule is CCCC/C=C\CCCCCCCC(=O)OC[C@H](COP(=O)(O)OC[C@H](N)C(=O)O)OC(=O)CCC/C=C\C/C=C\C/C=C\C/C=C\CCCCCO. The molecule has 0 aromatic heterocycles. The van der Waals surface area contributed by atoms with E-state index in [2.05, 4.69) is 60.1 Å². The zero-order chi connectivity index (χ0) is 39.3. The highest BCUT2D eigenvalue weighted by atomic mass is 31.2. The Morgan fingerprint density at radius 1 is 0.623 bits per heavy atom. The number of esters is 2. The van der Waals surface area contributed by atoms with Crippen LogP contribution in [-0.4, -0.2) is 71.6 Å². The Balaban J connectivity index is 4.54. The van der Waals surface area contributed by atoms with E-state index in [1.54, 1.807) is 0 Å². The third-order valence-electron chi connectivity index (χ3n) is 7.79. The van der Waals surface area contributed by atoms with Crippen LogP contribution in [0.5, 0.6) is 0 Å². The summed E-state index contributed by atoms with van der Waals surface area (Å²) < 4.78 is 32.5. The fraction of sp³-hybridized carbons (Fsp3) is 0.675. The number of hydrogen-bond donors (Lipinski definition) is 4. The van der Waals surface area contributed by atoms with Gasteiger partial charge in [0.1, 0.15) is 12.6 Å². The number of allylic oxidation sites excluding steroid dienone is 10. The minimum Gasteiger partial charge on any atom is -0.480 e. The molecular weight excluding hydrogens is 701 g/mol. The Bertz CT molecular complexity index is 1140. The molecule has 0 aliphatic heterocycles. The van der Waals surface area contributed by atoms with E-state index in [0.29, 0.717) is 19.3 Å². The molecule has 3 atom stereocenters. The number of unbranched alkanes of at least 4 members (excludes halogenated alkanes) is 11. The molecule has 0 aliphatic carbocycles. The van der Waals surface area contributed by atoms with Gasteiger partial charge in [-0.3, -0.25) is 23.4 Å². The first-order valence-electron chi connectivity index (χ1n) is 19.4. The maximum absolute atomic E-state index is 12.5. The normalized spacial score (nSPS) is 14.5. The molecule has 0 saturated carbocycles. The number of aliphatic carboxylic acids is 1. The molecule has 0 amide bonds. The van der Waals surface area contributed by atoms with Crippen LogP contribution in [0.3, 0.4) is 0 Å².